The number of carbonyl (C=O) groups excluding carboxylic acids is 3. The molecule has 26 atom stereocenters. The first kappa shape index (κ1) is 73.7. The van der Waals surface area contributed by atoms with Crippen molar-refractivity contribution in [3.05, 3.63) is 0 Å². The summed E-state index contributed by atoms with van der Waals surface area (Å²) in [6.07, 6.45) is -19.8. The molecule has 6 heterocycles. The van der Waals surface area contributed by atoms with Crippen molar-refractivity contribution in [2.24, 2.45) is 0 Å². The summed E-state index contributed by atoms with van der Waals surface area (Å²) >= 11 is 0. The Hall–Kier alpha value is -2.35. The first-order valence-electron chi connectivity index (χ1n) is 32.9. The van der Waals surface area contributed by atoms with Crippen LogP contribution >= 0.6 is 0 Å². The van der Waals surface area contributed by atoms with Gasteiger partial charge >= 0.3 is 17.9 Å². The van der Waals surface area contributed by atoms with E-state index < -0.39 is 178 Å². The van der Waals surface area contributed by atoms with Gasteiger partial charge in [0, 0.05) is 19.3 Å². The van der Waals surface area contributed by atoms with E-state index in [4.69, 9.17) is 61.6 Å². The van der Waals surface area contributed by atoms with Crippen molar-refractivity contribution in [1.29, 1.82) is 0 Å². The van der Waals surface area contributed by atoms with Crippen LogP contribution in [0.1, 0.15) is 209 Å². The van der Waals surface area contributed by atoms with Crippen molar-refractivity contribution < 1.29 is 122 Å². The molecule has 9 N–H and O–H groups in total. The highest BCUT2D eigenvalue weighted by Crippen LogP contribution is 2.39. The van der Waals surface area contributed by atoms with E-state index in [1.54, 1.807) is 13.8 Å². The summed E-state index contributed by atoms with van der Waals surface area (Å²) in [5.74, 6) is -2.10. The number of aliphatic hydroxyl groups is 9. The van der Waals surface area contributed by atoms with Crippen LogP contribution in [0, 0.1) is 0 Å². The summed E-state index contributed by atoms with van der Waals surface area (Å²) in [4.78, 5) is 40.6. The minimum Gasteiger partial charge on any atom is -0.457 e. The van der Waals surface area contributed by atoms with Gasteiger partial charge in [-0.25, -0.2) is 0 Å². The predicted octanol–water partition coefficient (Wildman–Crippen LogP) is 4.06. The van der Waals surface area contributed by atoms with Crippen molar-refractivity contribution in [1.82, 2.24) is 0 Å². The average molecular weight is 1250 g/mol. The lowest BCUT2D eigenvalue weighted by Gasteiger charge is -2.50. The van der Waals surface area contributed by atoms with Gasteiger partial charge in [0.05, 0.1) is 37.1 Å². The van der Waals surface area contributed by atoms with Gasteiger partial charge in [-0.2, -0.15) is 0 Å². The molecule has 506 valence electrons. The second-order valence-electron chi connectivity index (χ2n) is 24.9. The fourth-order valence-electron chi connectivity index (χ4n) is 12.3. The maximum Gasteiger partial charge on any atom is 0.306 e. The summed E-state index contributed by atoms with van der Waals surface area (Å²) in [6, 6.07) is 0. The maximum atomic E-state index is 14.0. The molecule has 0 bridgehead atoms. The fraction of sp³-hybridized carbons (Fsp3) is 0.952. The first-order chi connectivity index (χ1) is 41.7. The van der Waals surface area contributed by atoms with Gasteiger partial charge in [0.1, 0.15) is 79.4 Å². The van der Waals surface area contributed by atoms with Gasteiger partial charge in [0.25, 0.3) is 0 Å². The molecule has 6 saturated heterocycles. The highest BCUT2D eigenvalue weighted by Gasteiger charge is 2.58. The van der Waals surface area contributed by atoms with Crippen molar-refractivity contribution in [3.63, 3.8) is 0 Å². The van der Waals surface area contributed by atoms with Crippen LogP contribution in [-0.2, 0) is 76.0 Å². The van der Waals surface area contributed by atoms with E-state index in [0.717, 1.165) is 116 Å². The lowest BCUT2D eigenvalue weighted by molar-refractivity contribution is -0.395. The molecular weight excluding hydrogens is 1140 g/mol. The third-order valence-electron chi connectivity index (χ3n) is 17.7. The highest BCUT2D eigenvalue weighted by molar-refractivity contribution is 5.70. The van der Waals surface area contributed by atoms with Gasteiger partial charge in [0.2, 0.25) is 0 Å². The third kappa shape index (κ3) is 21.1. The van der Waals surface area contributed by atoms with Crippen molar-refractivity contribution in [2.75, 3.05) is 6.61 Å². The van der Waals surface area contributed by atoms with Crippen LogP contribution in [0.25, 0.3) is 0 Å². The molecule has 0 radical (unpaired) electrons. The largest absolute Gasteiger partial charge is 0.457 e. The summed E-state index contributed by atoms with van der Waals surface area (Å²) in [7, 11) is 0. The molecule has 0 aromatic rings. The molecule has 6 fully saturated rings. The second-order valence-corrected chi connectivity index (χ2v) is 24.9. The van der Waals surface area contributed by atoms with Crippen LogP contribution in [0.2, 0.25) is 0 Å². The van der Waals surface area contributed by atoms with Gasteiger partial charge in [-0.05, 0) is 59.8 Å². The second kappa shape index (κ2) is 37.4. The monoisotopic (exact) mass is 1250 g/mol. The van der Waals surface area contributed by atoms with Crippen LogP contribution < -0.4 is 0 Å². The molecule has 0 aromatic carbocycles. The van der Waals surface area contributed by atoms with Crippen LogP contribution in [0.4, 0.5) is 0 Å². The Kier molecular flexibility index (Phi) is 31.7. The number of ether oxygens (including phenoxy) is 13. The molecule has 0 aliphatic carbocycles. The zero-order valence-corrected chi connectivity index (χ0v) is 52.5. The highest BCUT2D eigenvalue weighted by atomic mass is 16.8. The molecule has 1 unspecified atom stereocenters. The average Bonchev–Trinajstić information content (AvgIpc) is 1.03. The van der Waals surface area contributed by atoms with E-state index in [1.165, 1.54) is 27.2 Å². The Bertz CT molecular complexity index is 1970. The van der Waals surface area contributed by atoms with Gasteiger partial charge in [-0.3, -0.25) is 14.4 Å². The topological polar surface area (TPSA) is 353 Å². The minimum atomic E-state index is -1.95. The number of carbonyl (C=O) groups is 3. The molecule has 0 spiro atoms. The van der Waals surface area contributed by atoms with Crippen LogP contribution in [0.15, 0.2) is 0 Å². The van der Waals surface area contributed by atoms with Gasteiger partial charge in [-0.1, -0.05) is 130 Å². The molecule has 0 saturated carbocycles. The van der Waals surface area contributed by atoms with E-state index in [1.807, 2.05) is 0 Å². The van der Waals surface area contributed by atoms with E-state index >= 15 is 0 Å². The number of hydrogen-bond acceptors (Lipinski definition) is 25. The quantitative estimate of drug-likeness (QED) is 0.0353. The molecule has 6 rings (SSSR count). The van der Waals surface area contributed by atoms with Gasteiger partial charge in [0.15, 0.2) is 49.8 Å². The zero-order chi connectivity index (χ0) is 63.3. The van der Waals surface area contributed by atoms with E-state index in [2.05, 4.69) is 13.8 Å². The number of hydrogen-bond donors (Lipinski definition) is 9. The van der Waals surface area contributed by atoms with Gasteiger partial charge in [-0.15, -0.1) is 0 Å². The summed E-state index contributed by atoms with van der Waals surface area (Å²) in [6.45, 7) is 11.3. The third-order valence-corrected chi connectivity index (χ3v) is 17.7. The van der Waals surface area contributed by atoms with E-state index in [0.29, 0.717) is 19.3 Å². The molecular formula is C62H108O25. The summed E-state index contributed by atoms with van der Waals surface area (Å²) < 4.78 is 80.9. The lowest BCUT2D eigenvalue weighted by Crippen LogP contribution is -2.67. The molecule has 6 aliphatic heterocycles. The Morgan fingerprint density at radius 2 is 0.954 bits per heavy atom. The summed E-state index contributed by atoms with van der Waals surface area (Å²) in [5.41, 5.74) is 0. The Balaban J connectivity index is 1.28. The normalized spacial score (nSPS) is 41.3. The number of fused-ring (bicyclic) bond motifs is 2. The number of unbranched alkanes of at least 4 members (excludes halogenated alkanes) is 10. The fourth-order valence-corrected chi connectivity index (χ4v) is 12.3. The van der Waals surface area contributed by atoms with Crippen molar-refractivity contribution >= 4 is 17.9 Å². The number of aliphatic hydroxyl groups excluding tert-OH is 9. The number of rotatable bonds is 25. The zero-order valence-electron chi connectivity index (χ0n) is 52.5. The van der Waals surface area contributed by atoms with E-state index in [-0.39, 0.29) is 25.4 Å². The SMILES string of the molecule is CCCCCCCCCCCC(=O)O[C@H]1[C@H](O[C@@H]2[C@@H](O)[C@H]3OC(=O)CCCCCCCCCC(CCCCC)O[C@@H]4O[C@H](C)[C@@H](O)[C@H](O)[C@H]4O[C@@H]3O[C@H]2C)O[C@@H](C)[C@H](O[C@@H]2O[C@@H](C)[C@H](OC(=O)CCC)[C@@H](O)[C@H]2O[C@@H]2O[C@H](CO)[C@@H](O)[C@H](O)[C@H]2O)[C@H]1O. The lowest BCUT2D eigenvalue weighted by atomic mass is 9.95. The van der Waals surface area contributed by atoms with Crippen LogP contribution in [0.3, 0.4) is 0 Å². The standard InChI is InChI=1S/C62H108O25/c1-8-11-13-14-15-16-19-22-26-31-41(65)82-55-49(73)53(85-62-57(48(72)51(35(5)76-62)81-40(64)28-10-3)86-58-47(71)45(69)44(68)39(33-63)80-58)36(6)77-60(55)84-52-37(7)78-61-56(50(52)74)83-42(66)32-27-23-20-17-18-21-25-30-38(29-24-12-9-2)79-59-54(87-61)46(70)43(67)34(4)75-59/h34-39,43-63,67-74H,8-33H2,1-7H3/t34-,35+,36+,37+,38?,39-,43-,44-,45+,46+,47-,48-,49-,50-,51+,52+,53+,54-,55-,56-,57-,58+,59+,60+,61+,62+/m1/s1. The Morgan fingerprint density at radius 1 is 0.437 bits per heavy atom. The summed E-state index contributed by atoms with van der Waals surface area (Å²) in [5, 5.41) is 102. The Labute approximate surface area is 513 Å². The first-order valence-corrected chi connectivity index (χ1v) is 32.9. The van der Waals surface area contributed by atoms with Gasteiger partial charge < -0.3 is 108 Å². The molecule has 6 aliphatic rings. The van der Waals surface area contributed by atoms with Crippen LogP contribution in [0.5, 0.6) is 0 Å². The van der Waals surface area contributed by atoms with Crippen molar-refractivity contribution in [2.45, 2.75) is 369 Å². The Morgan fingerprint density at radius 3 is 1.61 bits per heavy atom. The number of esters is 3. The van der Waals surface area contributed by atoms with Crippen LogP contribution in [-0.4, -0.2) is 230 Å². The maximum absolute atomic E-state index is 14.0. The van der Waals surface area contributed by atoms with Crippen molar-refractivity contribution in [3.8, 4) is 0 Å². The molecule has 0 aromatic heterocycles. The predicted molar refractivity (Wildman–Crippen MR) is 308 cm³/mol. The minimum absolute atomic E-state index is 0.0113. The molecule has 25 nitrogen and oxygen atoms in total. The molecule has 0 amide bonds. The smallest absolute Gasteiger partial charge is 0.306 e. The van der Waals surface area contributed by atoms with E-state index in [9.17, 15) is 60.3 Å². The molecule has 25 heteroatoms. The molecule has 87 heavy (non-hydrogen) atoms.